The highest BCUT2D eigenvalue weighted by molar-refractivity contribution is 5.80. The molecule has 1 saturated carbocycles. The van der Waals surface area contributed by atoms with Gasteiger partial charge >= 0.3 is 0 Å². The first-order chi connectivity index (χ1) is 10.7. The van der Waals surface area contributed by atoms with Gasteiger partial charge in [0.25, 0.3) is 5.91 Å². The van der Waals surface area contributed by atoms with Gasteiger partial charge in [0.15, 0.2) is 0 Å². The maximum Gasteiger partial charge on any atom is 0.251 e. The summed E-state index contributed by atoms with van der Waals surface area (Å²) in [5.74, 6) is 0.116. The maximum atomic E-state index is 12.5. The van der Waals surface area contributed by atoms with E-state index in [0.29, 0.717) is 6.61 Å². The predicted molar refractivity (Wildman–Crippen MR) is 84.7 cm³/mol. The van der Waals surface area contributed by atoms with Gasteiger partial charge in [0.05, 0.1) is 25.4 Å². The molecular weight excluding hydrogens is 282 g/mol. The van der Waals surface area contributed by atoms with E-state index in [1.165, 1.54) is 25.7 Å². The second-order valence-electron chi connectivity index (χ2n) is 6.51. The van der Waals surface area contributed by atoms with E-state index in [1.807, 2.05) is 11.8 Å². The number of carbonyl (C=O) groups excluding carboxylic acids is 1. The van der Waals surface area contributed by atoms with Crippen LogP contribution in [0.4, 0.5) is 0 Å². The van der Waals surface area contributed by atoms with Gasteiger partial charge in [-0.25, -0.2) is 0 Å². The van der Waals surface area contributed by atoms with Crippen LogP contribution in [0, 0.1) is 0 Å². The molecule has 0 bridgehead atoms. The van der Waals surface area contributed by atoms with Crippen molar-refractivity contribution in [3.8, 4) is 0 Å². The Morgan fingerprint density at radius 1 is 1.09 bits per heavy atom. The Morgan fingerprint density at radius 3 is 2.32 bits per heavy atom. The molecule has 1 atom stereocenters. The standard InChI is InChI=1S/C17H31NO4/c1-14(22-16-6-4-2-3-5-7-16)17(20)18-10-8-15(9-11-18)21-13-12-19/h14-16,19H,2-13H2,1H3/t14-/m0/s1. The molecule has 2 fully saturated rings. The third-order valence-corrected chi connectivity index (χ3v) is 4.75. The number of amides is 1. The number of nitrogens with zero attached hydrogens (tertiary/aromatic N) is 1. The molecule has 1 saturated heterocycles. The number of hydrogen-bond donors (Lipinski definition) is 1. The lowest BCUT2D eigenvalue weighted by molar-refractivity contribution is -0.149. The van der Waals surface area contributed by atoms with E-state index in [4.69, 9.17) is 14.6 Å². The van der Waals surface area contributed by atoms with Crippen LogP contribution >= 0.6 is 0 Å². The van der Waals surface area contributed by atoms with E-state index in [2.05, 4.69) is 0 Å². The van der Waals surface area contributed by atoms with Gasteiger partial charge in [-0.15, -0.1) is 0 Å². The molecule has 128 valence electrons. The van der Waals surface area contributed by atoms with E-state index in [0.717, 1.165) is 38.8 Å². The highest BCUT2D eigenvalue weighted by atomic mass is 16.5. The quantitative estimate of drug-likeness (QED) is 0.763. The first-order valence-electron chi connectivity index (χ1n) is 8.87. The summed E-state index contributed by atoms with van der Waals surface area (Å²) < 4.78 is 11.6. The zero-order chi connectivity index (χ0) is 15.8. The molecule has 1 aliphatic heterocycles. The third kappa shape index (κ3) is 5.52. The van der Waals surface area contributed by atoms with Gasteiger partial charge in [0.2, 0.25) is 0 Å². The molecule has 2 rings (SSSR count). The van der Waals surface area contributed by atoms with E-state index in [1.54, 1.807) is 0 Å². The number of aliphatic hydroxyl groups excluding tert-OH is 1. The molecule has 0 aromatic heterocycles. The zero-order valence-corrected chi connectivity index (χ0v) is 13.8. The summed E-state index contributed by atoms with van der Waals surface area (Å²) in [5, 5.41) is 8.78. The SMILES string of the molecule is C[C@H](OC1CCCCCC1)C(=O)N1CCC(OCCO)CC1. The van der Waals surface area contributed by atoms with Crippen molar-refractivity contribution in [1.29, 1.82) is 0 Å². The summed E-state index contributed by atoms with van der Waals surface area (Å²) in [6.07, 6.45) is 9.01. The van der Waals surface area contributed by atoms with Crippen LogP contribution in [-0.2, 0) is 14.3 Å². The molecule has 0 radical (unpaired) electrons. The Kier molecular flexibility index (Phi) is 7.63. The van der Waals surface area contributed by atoms with Crippen molar-refractivity contribution in [2.45, 2.75) is 76.6 Å². The minimum atomic E-state index is -0.335. The molecule has 0 aromatic rings. The summed E-state index contributed by atoms with van der Waals surface area (Å²) in [4.78, 5) is 14.4. The molecule has 2 aliphatic rings. The molecule has 1 N–H and O–H groups in total. The van der Waals surface area contributed by atoms with Gasteiger partial charge in [-0.2, -0.15) is 0 Å². The lowest BCUT2D eigenvalue weighted by Gasteiger charge is -2.34. The number of likely N-dealkylation sites (tertiary alicyclic amines) is 1. The Labute approximate surface area is 134 Å². The molecular formula is C17H31NO4. The number of piperidine rings is 1. The minimum Gasteiger partial charge on any atom is -0.394 e. The minimum absolute atomic E-state index is 0.0609. The van der Waals surface area contributed by atoms with Crippen molar-refractivity contribution in [3.63, 3.8) is 0 Å². The summed E-state index contributed by atoms with van der Waals surface area (Å²) in [7, 11) is 0. The van der Waals surface area contributed by atoms with Crippen molar-refractivity contribution in [2.75, 3.05) is 26.3 Å². The van der Waals surface area contributed by atoms with Gasteiger partial charge < -0.3 is 19.5 Å². The monoisotopic (exact) mass is 313 g/mol. The van der Waals surface area contributed by atoms with Crippen molar-refractivity contribution in [3.05, 3.63) is 0 Å². The number of aliphatic hydroxyl groups is 1. The topological polar surface area (TPSA) is 59.0 Å². The van der Waals surface area contributed by atoms with Gasteiger partial charge in [0, 0.05) is 13.1 Å². The van der Waals surface area contributed by atoms with Crippen molar-refractivity contribution in [1.82, 2.24) is 4.90 Å². The van der Waals surface area contributed by atoms with Crippen LogP contribution in [0.15, 0.2) is 0 Å². The fourth-order valence-corrected chi connectivity index (χ4v) is 3.44. The van der Waals surface area contributed by atoms with Crippen molar-refractivity contribution in [2.24, 2.45) is 0 Å². The largest absolute Gasteiger partial charge is 0.394 e. The van der Waals surface area contributed by atoms with Crippen LogP contribution in [0.2, 0.25) is 0 Å². The molecule has 0 unspecified atom stereocenters. The molecule has 22 heavy (non-hydrogen) atoms. The summed E-state index contributed by atoms with van der Waals surface area (Å²) in [6.45, 7) is 3.80. The van der Waals surface area contributed by atoms with Crippen LogP contribution in [0.5, 0.6) is 0 Å². The fourth-order valence-electron chi connectivity index (χ4n) is 3.44. The average Bonchev–Trinajstić information content (AvgIpc) is 2.81. The van der Waals surface area contributed by atoms with Gasteiger partial charge in [-0.05, 0) is 32.6 Å². The number of carbonyl (C=O) groups is 1. The Balaban J connectivity index is 1.71. The van der Waals surface area contributed by atoms with Crippen molar-refractivity contribution >= 4 is 5.91 Å². The second-order valence-corrected chi connectivity index (χ2v) is 6.51. The first kappa shape index (κ1) is 17.7. The second kappa shape index (κ2) is 9.48. The van der Waals surface area contributed by atoms with E-state index in [9.17, 15) is 4.79 Å². The number of rotatable bonds is 6. The molecule has 1 amide bonds. The Hall–Kier alpha value is -0.650. The molecule has 0 aromatic carbocycles. The lowest BCUT2D eigenvalue weighted by atomic mass is 10.1. The highest BCUT2D eigenvalue weighted by Gasteiger charge is 2.28. The predicted octanol–water partition coefficient (Wildman–Crippen LogP) is 2.11. The maximum absolute atomic E-state index is 12.5. The smallest absolute Gasteiger partial charge is 0.251 e. The highest BCUT2D eigenvalue weighted by Crippen LogP contribution is 2.22. The van der Waals surface area contributed by atoms with E-state index in [-0.39, 0.29) is 30.8 Å². The van der Waals surface area contributed by atoms with Crippen LogP contribution < -0.4 is 0 Å². The summed E-state index contributed by atoms with van der Waals surface area (Å²) >= 11 is 0. The van der Waals surface area contributed by atoms with Crippen molar-refractivity contribution < 1.29 is 19.4 Å². The van der Waals surface area contributed by atoms with Crippen LogP contribution in [0.25, 0.3) is 0 Å². The Morgan fingerprint density at radius 2 is 1.73 bits per heavy atom. The average molecular weight is 313 g/mol. The normalized spacial score (nSPS) is 23.3. The Bertz CT molecular complexity index is 321. The number of ether oxygens (including phenoxy) is 2. The van der Waals surface area contributed by atoms with Crippen LogP contribution in [0.1, 0.15) is 58.3 Å². The number of hydrogen-bond acceptors (Lipinski definition) is 4. The third-order valence-electron chi connectivity index (χ3n) is 4.75. The van der Waals surface area contributed by atoms with E-state index < -0.39 is 0 Å². The van der Waals surface area contributed by atoms with Gasteiger partial charge in [-0.3, -0.25) is 4.79 Å². The summed E-state index contributed by atoms with van der Waals surface area (Å²) in [6, 6.07) is 0. The molecule has 1 aliphatic carbocycles. The molecule has 1 heterocycles. The molecule has 0 spiro atoms. The fraction of sp³-hybridized carbons (Fsp3) is 0.941. The summed E-state index contributed by atoms with van der Waals surface area (Å²) in [5.41, 5.74) is 0. The first-order valence-corrected chi connectivity index (χ1v) is 8.87. The van der Waals surface area contributed by atoms with Crippen LogP contribution in [0.3, 0.4) is 0 Å². The molecule has 5 nitrogen and oxygen atoms in total. The zero-order valence-electron chi connectivity index (χ0n) is 13.8. The van der Waals surface area contributed by atoms with E-state index >= 15 is 0 Å². The van der Waals surface area contributed by atoms with Crippen LogP contribution in [-0.4, -0.2) is 60.5 Å². The lowest BCUT2D eigenvalue weighted by Crippen LogP contribution is -2.46. The van der Waals surface area contributed by atoms with Gasteiger partial charge in [0.1, 0.15) is 6.10 Å². The molecule has 5 heteroatoms. The van der Waals surface area contributed by atoms with Gasteiger partial charge in [-0.1, -0.05) is 25.7 Å².